The molecule has 0 spiro atoms. The van der Waals surface area contributed by atoms with Gasteiger partial charge in [0.15, 0.2) is 0 Å². The van der Waals surface area contributed by atoms with Crippen molar-refractivity contribution in [1.29, 1.82) is 0 Å². The molecule has 1 aromatic carbocycles. The molecule has 0 amide bonds. The van der Waals surface area contributed by atoms with Crippen LogP contribution in [0.25, 0.3) is 0 Å². The molecule has 98 valence electrons. The molecule has 2 N–H and O–H groups in total. The van der Waals surface area contributed by atoms with Crippen LogP contribution in [0.4, 0.5) is 0 Å². The second-order valence-electron chi connectivity index (χ2n) is 4.89. The first-order valence-corrected chi connectivity index (χ1v) is 6.34. The van der Waals surface area contributed by atoms with Gasteiger partial charge in [-0.25, -0.2) is 0 Å². The normalized spacial score (nSPS) is 18.6. The van der Waals surface area contributed by atoms with Gasteiger partial charge in [-0.15, -0.1) is 0 Å². The highest BCUT2D eigenvalue weighted by Crippen LogP contribution is 2.25. The van der Waals surface area contributed by atoms with Crippen molar-refractivity contribution >= 4 is 5.97 Å². The summed E-state index contributed by atoms with van der Waals surface area (Å²) in [5, 5.41) is 12.8. The molecule has 1 aromatic rings. The summed E-state index contributed by atoms with van der Waals surface area (Å²) in [6.45, 7) is 7.25. The molecule has 4 nitrogen and oxygen atoms in total. The largest absolute Gasteiger partial charge is 0.480 e. The average molecular weight is 248 g/mol. The first-order chi connectivity index (χ1) is 8.59. The van der Waals surface area contributed by atoms with E-state index in [1.165, 1.54) is 0 Å². The predicted molar refractivity (Wildman–Crippen MR) is 70.7 cm³/mol. The Morgan fingerprint density at radius 3 is 2.61 bits per heavy atom. The van der Waals surface area contributed by atoms with Crippen LogP contribution in [0.2, 0.25) is 0 Å². The van der Waals surface area contributed by atoms with Crippen LogP contribution in [0.1, 0.15) is 22.7 Å². The molecule has 0 bridgehead atoms. The monoisotopic (exact) mass is 248 g/mol. The summed E-state index contributed by atoms with van der Waals surface area (Å²) in [5.41, 5.74) is 3.08. The third-order valence-electron chi connectivity index (χ3n) is 3.48. The van der Waals surface area contributed by atoms with E-state index in [1.807, 2.05) is 36.9 Å². The van der Waals surface area contributed by atoms with Crippen LogP contribution in [0, 0.1) is 13.8 Å². The van der Waals surface area contributed by atoms with E-state index in [2.05, 4.69) is 5.32 Å². The Bertz CT molecular complexity index is 439. The fraction of sp³-hybridized carbons (Fsp3) is 0.500. The van der Waals surface area contributed by atoms with Gasteiger partial charge in [0, 0.05) is 26.2 Å². The van der Waals surface area contributed by atoms with Gasteiger partial charge in [-0.05, 0) is 25.0 Å². The lowest BCUT2D eigenvalue weighted by atomic mass is 9.97. The van der Waals surface area contributed by atoms with Crippen molar-refractivity contribution in [2.24, 2.45) is 0 Å². The molecule has 18 heavy (non-hydrogen) atoms. The third-order valence-corrected chi connectivity index (χ3v) is 3.48. The number of carboxylic acids is 1. The second-order valence-corrected chi connectivity index (χ2v) is 4.89. The van der Waals surface area contributed by atoms with E-state index in [-0.39, 0.29) is 0 Å². The first-order valence-electron chi connectivity index (χ1n) is 6.34. The number of aliphatic carboxylic acids is 1. The quantitative estimate of drug-likeness (QED) is 0.847. The molecule has 4 heteroatoms. The molecule has 1 unspecified atom stereocenters. The van der Waals surface area contributed by atoms with Crippen molar-refractivity contribution in [3.8, 4) is 0 Å². The van der Waals surface area contributed by atoms with Gasteiger partial charge >= 0.3 is 5.97 Å². The number of carboxylic acid groups (broad SMARTS) is 1. The fourth-order valence-corrected chi connectivity index (χ4v) is 2.48. The molecule has 1 aliphatic heterocycles. The van der Waals surface area contributed by atoms with E-state index in [1.54, 1.807) is 0 Å². The predicted octanol–water partition coefficient (Wildman–Crippen LogP) is 1.33. The van der Waals surface area contributed by atoms with Crippen LogP contribution in [0.15, 0.2) is 18.2 Å². The standard InChI is InChI=1S/C14H20N2O2/c1-10-3-4-11(2)12(9-10)13(14(17)18)16-7-5-15-6-8-16/h3-4,9,13,15H,5-8H2,1-2H3,(H,17,18). The van der Waals surface area contributed by atoms with Gasteiger partial charge in [0.2, 0.25) is 0 Å². The lowest BCUT2D eigenvalue weighted by molar-refractivity contribution is -0.143. The molecule has 1 heterocycles. The van der Waals surface area contributed by atoms with Crippen LogP contribution in [0.5, 0.6) is 0 Å². The minimum absolute atomic E-state index is 0.521. The van der Waals surface area contributed by atoms with Crippen molar-refractivity contribution in [3.05, 3.63) is 34.9 Å². The van der Waals surface area contributed by atoms with Gasteiger partial charge in [0.05, 0.1) is 0 Å². The highest BCUT2D eigenvalue weighted by atomic mass is 16.4. The second kappa shape index (κ2) is 5.50. The molecule has 1 saturated heterocycles. The number of piperazine rings is 1. The van der Waals surface area contributed by atoms with Crippen LogP contribution in [0.3, 0.4) is 0 Å². The van der Waals surface area contributed by atoms with Gasteiger partial charge in [-0.3, -0.25) is 9.69 Å². The zero-order valence-corrected chi connectivity index (χ0v) is 10.9. The van der Waals surface area contributed by atoms with Crippen LogP contribution >= 0.6 is 0 Å². The summed E-state index contributed by atoms with van der Waals surface area (Å²) in [7, 11) is 0. The topological polar surface area (TPSA) is 52.6 Å². The molecule has 0 aromatic heterocycles. The maximum Gasteiger partial charge on any atom is 0.325 e. The molecule has 0 aliphatic carbocycles. The fourth-order valence-electron chi connectivity index (χ4n) is 2.48. The zero-order valence-electron chi connectivity index (χ0n) is 10.9. The van der Waals surface area contributed by atoms with E-state index in [4.69, 9.17) is 0 Å². The Hall–Kier alpha value is -1.39. The summed E-state index contributed by atoms with van der Waals surface area (Å²) in [4.78, 5) is 13.6. The number of hydrogen-bond donors (Lipinski definition) is 2. The molecule has 0 saturated carbocycles. The summed E-state index contributed by atoms with van der Waals surface area (Å²) in [6, 6.07) is 5.50. The highest BCUT2D eigenvalue weighted by Gasteiger charge is 2.29. The summed E-state index contributed by atoms with van der Waals surface area (Å²) in [6.07, 6.45) is 0. The maximum atomic E-state index is 11.6. The smallest absolute Gasteiger partial charge is 0.325 e. The van der Waals surface area contributed by atoms with E-state index < -0.39 is 12.0 Å². The van der Waals surface area contributed by atoms with E-state index in [0.717, 1.165) is 42.9 Å². The maximum absolute atomic E-state index is 11.6. The van der Waals surface area contributed by atoms with E-state index in [9.17, 15) is 9.90 Å². The minimum Gasteiger partial charge on any atom is -0.480 e. The number of rotatable bonds is 3. The molecular weight excluding hydrogens is 228 g/mol. The van der Waals surface area contributed by atoms with Gasteiger partial charge in [0.25, 0.3) is 0 Å². The number of benzene rings is 1. The Morgan fingerprint density at radius 2 is 2.00 bits per heavy atom. The van der Waals surface area contributed by atoms with Crippen molar-refractivity contribution in [2.45, 2.75) is 19.9 Å². The van der Waals surface area contributed by atoms with Gasteiger partial charge < -0.3 is 10.4 Å². The number of nitrogens with zero attached hydrogens (tertiary/aromatic N) is 1. The molecule has 0 radical (unpaired) electrons. The van der Waals surface area contributed by atoms with Crippen LogP contribution < -0.4 is 5.32 Å². The lowest BCUT2D eigenvalue weighted by Crippen LogP contribution is -2.47. The Labute approximate surface area is 108 Å². The Morgan fingerprint density at radius 1 is 1.33 bits per heavy atom. The highest BCUT2D eigenvalue weighted by molar-refractivity contribution is 5.76. The molecule has 1 atom stereocenters. The molecular formula is C14H20N2O2. The molecule has 2 rings (SSSR count). The van der Waals surface area contributed by atoms with Gasteiger partial charge in [0.1, 0.15) is 6.04 Å². The van der Waals surface area contributed by atoms with Crippen molar-refractivity contribution in [3.63, 3.8) is 0 Å². The minimum atomic E-state index is -0.759. The third kappa shape index (κ3) is 2.71. The first kappa shape index (κ1) is 13.1. The van der Waals surface area contributed by atoms with Crippen LogP contribution in [-0.4, -0.2) is 42.2 Å². The van der Waals surface area contributed by atoms with Crippen molar-refractivity contribution < 1.29 is 9.90 Å². The molecule has 1 fully saturated rings. The number of carbonyl (C=O) groups is 1. The van der Waals surface area contributed by atoms with E-state index in [0.29, 0.717) is 0 Å². The van der Waals surface area contributed by atoms with Crippen LogP contribution in [-0.2, 0) is 4.79 Å². The SMILES string of the molecule is Cc1ccc(C)c(C(C(=O)O)N2CCNCC2)c1. The Kier molecular flexibility index (Phi) is 3.99. The summed E-state index contributed by atoms with van der Waals surface area (Å²) < 4.78 is 0. The Balaban J connectivity index is 2.34. The summed E-state index contributed by atoms with van der Waals surface area (Å²) in [5.74, 6) is -0.759. The summed E-state index contributed by atoms with van der Waals surface area (Å²) >= 11 is 0. The van der Waals surface area contributed by atoms with E-state index >= 15 is 0 Å². The van der Waals surface area contributed by atoms with Crippen molar-refractivity contribution in [1.82, 2.24) is 10.2 Å². The number of nitrogens with one attached hydrogen (secondary N) is 1. The van der Waals surface area contributed by atoms with Gasteiger partial charge in [-0.2, -0.15) is 0 Å². The average Bonchev–Trinajstić information content (AvgIpc) is 2.35. The van der Waals surface area contributed by atoms with Gasteiger partial charge in [-0.1, -0.05) is 23.8 Å². The molecule has 1 aliphatic rings. The number of hydrogen-bond acceptors (Lipinski definition) is 3. The van der Waals surface area contributed by atoms with Crippen molar-refractivity contribution in [2.75, 3.05) is 26.2 Å². The number of aryl methyl sites for hydroxylation is 2. The lowest BCUT2D eigenvalue weighted by Gasteiger charge is -2.33. The zero-order chi connectivity index (χ0) is 13.1.